The van der Waals surface area contributed by atoms with Crippen LogP contribution in [-0.2, 0) is 24.4 Å². The molecule has 1 amide bonds. The van der Waals surface area contributed by atoms with Crippen LogP contribution in [0.1, 0.15) is 22.3 Å². The molecule has 7 heteroatoms. The van der Waals surface area contributed by atoms with E-state index in [2.05, 4.69) is 50.4 Å². The summed E-state index contributed by atoms with van der Waals surface area (Å²) in [6.45, 7) is 4.57. The maximum atomic E-state index is 12.6. The van der Waals surface area contributed by atoms with E-state index >= 15 is 0 Å². The minimum absolute atomic E-state index is 0.0162. The van der Waals surface area contributed by atoms with Gasteiger partial charge in [-0.05, 0) is 110 Å². The van der Waals surface area contributed by atoms with Gasteiger partial charge in [0.15, 0.2) is 0 Å². The van der Waals surface area contributed by atoms with Gasteiger partial charge in [-0.1, -0.05) is 30.3 Å². The van der Waals surface area contributed by atoms with Crippen molar-refractivity contribution < 1.29 is 14.3 Å². The fourth-order valence-corrected chi connectivity index (χ4v) is 4.29. The summed E-state index contributed by atoms with van der Waals surface area (Å²) in [4.78, 5) is 12.6. The molecule has 0 bridgehead atoms. The molecule has 0 spiro atoms. The van der Waals surface area contributed by atoms with Crippen LogP contribution in [0, 0.1) is 14.9 Å². The highest BCUT2D eigenvalue weighted by Gasteiger charge is 2.13. The van der Waals surface area contributed by atoms with Crippen molar-refractivity contribution in [3.63, 3.8) is 0 Å². The van der Waals surface area contributed by atoms with E-state index in [1.165, 1.54) is 0 Å². The Balaban J connectivity index is 1.76. The summed E-state index contributed by atoms with van der Waals surface area (Å²) < 4.78 is 13.2. The summed E-state index contributed by atoms with van der Waals surface area (Å²) in [5.74, 6) is 1.01. The molecule has 0 heterocycles. The fraction of sp³-hybridized carbons (Fsp3) is 0.143. The lowest BCUT2D eigenvalue weighted by atomic mass is 10.0. The number of methoxy groups -OCH3 is 1. The van der Waals surface area contributed by atoms with Crippen LogP contribution in [0.2, 0.25) is 0 Å². The maximum Gasteiger partial charge on any atom is 0.262 e. The quantitative estimate of drug-likeness (QED) is 0.117. The van der Waals surface area contributed by atoms with Gasteiger partial charge in [0.1, 0.15) is 29.7 Å². The Morgan fingerprint density at radius 1 is 1.14 bits per heavy atom. The highest BCUT2D eigenvalue weighted by Crippen LogP contribution is 2.33. The molecule has 0 aliphatic rings. The van der Waals surface area contributed by atoms with E-state index in [-0.39, 0.29) is 5.57 Å². The Kier molecular flexibility index (Phi) is 9.94. The van der Waals surface area contributed by atoms with Crippen LogP contribution in [0.25, 0.3) is 6.08 Å². The van der Waals surface area contributed by atoms with Crippen molar-refractivity contribution >= 4 is 50.5 Å². The lowest BCUT2D eigenvalue weighted by molar-refractivity contribution is -0.117. The van der Waals surface area contributed by atoms with Crippen LogP contribution in [0.5, 0.6) is 11.5 Å². The number of ether oxygens (including phenoxy) is 2. The fourth-order valence-electron chi connectivity index (χ4n) is 3.30. The number of carbonyl (C=O) groups is 1. The highest BCUT2D eigenvalue weighted by atomic mass is 127. The second-order valence-corrected chi connectivity index (χ2v) is 9.70. The van der Waals surface area contributed by atoms with E-state index in [1.807, 2.05) is 66.7 Å². The molecule has 1 N–H and O–H groups in total. The first-order chi connectivity index (χ1) is 16.9. The third-order valence-corrected chi connectivity index (χ3v) is 6.40. The monoisotopic (exact) mass is 642 g/mol. The van der Waals surface area contributed by atoms with E-state index in [0.29, 0.717) is 30.9 Å². The molecule has 3 aromatic carbocycles. The lowest BCUT2D eigenvalue weighted by Gasteiger charge is -2.14. The summed E-state index contributed by atoms with van der Waals surface area (Å²) in [5.41, 5.74) is 3.60. The summed E-state index contributed by atoms with van der Waals surface area (Å²) in [6, 6.07) is 21.3. The second-order valence-electron chi connectivity index (χ2n) is 7.60. The predicted molar refractivity (Wildman–Crippen MR) is 150 cm³/mol. The third kappa shape index (κ3) is 7.70. The van der Waals surface area contributed by atoms with Crippen LogP contribution in [0.15, 0.2) is 83.4 Å². The van der Waals surface area contributed by atoms with Crippen molar-refractivity contribution in [2.24, 2.45) is 0 Å². The van der Waals surface area contributed by atoms with Crippen LogP contribution < -0.4 is 14.8 Å². The van der Waals surface area contributed by atoms with Crippen molar-refractivity contribution in [1.82, 2.24) is 5.32 Å². The number of carbonyl (C=O) groups excluding carboxylic acids is 1. The number of nitriles is 1. The van der Waals surface area contributed by atoms with Crippen LogP contribution in [-0.4, -0.2) is 13.0 Å². The normalized spacial score (nSPS) is 10.9. The average molecular weight is 643 g/mol. The van der Waals surface area contributed by atoms with Gasteiger partial charge in [-0.2, -0.15) is 5.26 Å². The molecule has 3 rings (SSSR count). The molecule has 0 aromatic heterocycles. The largest absolute Gasteiger partial charge is 0.497 e. The van der Waals surface area contributed by atoms with Crippen LogP contribution in [0.3, 0.4) is 0 Å². The van der Waals surface area contributed by atoms with Crippen molar-refractivity contribution in [3.05, 3.63) is 109 Å². The van der Waals surface area contributed by atoms with Crippen molar-refractivity contribution in [3.8, 4) is 17.6 Å². The van der Waals surface area contributed by atoms with Gasteiger partial charge in [0, 0.05) is 10.1 Å². The number of nitrogens with zero attached hydrogens (tertiary/aromatic N) is 1. The molecule has 0 fully saturated rings. The smallest absolute Gasteiger partial charge is 0.262 e. The molecule has 0 atom stereocenters. The molecule has 0 saturated carbocycles. The number of benzene rings is 3. The van der Waals surface area contributed by atoms with E-state index in [4.69, 9.17) is 9.47 Å². The summed E-state index contributed by atoms with van der Waals surface area (Å²) in [7, 11) is 1.60. The Bertz CT molecular complexity index is 1260. The first kappa shape index (κ1) is 26.5. The highest BCUT2D eigenvalue weighted by molar-refractivity contribution is 14.1. The number of halogens is 2. The number of nitrogens with one attached hydrogen (secondary N) is 1. The predicted octanol–water partition coefficient (Wildman–Crippen LogP) is 6.59. The Hall–Kier alpha value is -3.09. The first-order valence-electron chi connectivity index (χ1n) is 10.8. The number of allylic oxidation sites excluding steroid dienone is 1. The maximum absolute atomic E-state index is 12.6. The minimum Gasteiger partial charge on any atom is -0.497 e. The molecule has 0 saturated heterocycles. The Labute approximate surface area is 227 Å². The molecule has 178 valence electrons. The van der Waals surface area contributed by atoms with Crippen molar-refractivity contribution in [2.75, 3.05) is 7.11 Å². The molecule has 0 aliphatic carbocycles. The minimum atomic E-state index is -0.441. The number of hydrogen-bond acceptors (Lipinski definition) is 4. The summed E-state index contributed by atoms with van der Waals surface area (Å²) >= 11 is 5.86. The zero-order chi connectivity index (χ0) is 25.2. The summed E-state index contributed by atoms with van der Waals surface area (Å²) in [6.07, 6.45) is 3.94. The topological polar surface area (TPSA) is 71.4 Å². The van der Waals surface area contributed by atoms with E-state index in [9.17, 15) is 10.1 Å². The zero-order valence-corrected chi connectivity index (χ0v) is 22.9. The van der Waals surface area contributed by atoms with Gasteiger partial charge in [-0.15, -0.1) is 6.58 Å². The van der Waals surface area contributed by atoms with Gasteiger partial charge in [0.25, 0.3) is 5.91 Å². The molecule has 0 radical (unpaired) electrons. The van der Waals surface area contributed by atoms with Gasteiger partial charge in [0.2, 0.25) is 0 Å². The average Bonchev–Trinajstić information content (AvgIpc) is 2.87. The summed E-state index contributed by atoms with van der Waals surface area (Å²) in [5, 5.41) is 12.4. The first-order valence-corrected chi connectivity index (χ1v) is 12.6. The lowest BCUT2D eigenvalue weighted by Crippen LogP contribution is -2.23. The standard InChI is InChI=1S/C28H24BrIN2O3/c1-3-4-22-13-21(15-26(29)27(22)35-18-20-5-9-24(30)10-6-20)14-23(16-31)28(33)32-17-19-7-11-25(34-2)12-8-19/h3,5-15H,1,4,17-18H2,2H3,(H,32,33)/b23-14-. The Morgan fingerprint density at radius 2 is 1.83 bits per heavy atom. The third-order valence-electron chi connectivity index (χ3n) is 5.09. The molecule has 3 aromatic rings. The van der Waals surface area contributed by atoms with Gasteiger partial charge in [-0.3, -0.25) is 4.79 Å². The molecule has 5 nitrogen and oxygen atoms in total. The van der Waals surface area contributed by atoms with Crippen LogP contribution >= 0.6 is 38.5 Å². The zero-order valence-electron chi connectivity index (χ0n) is 19.2. The van der Waals surface area contributed by atoms with E-state index in [1.54, 1.807) is 19.3 Å². The number of rotatable bonds is 10. The van der Waals surface area contributed by atoms with Gasteiger partial charge in [0.05, 0.1) is 11.6 Å². The van der Waals surface area contributed by atoms with Gasteiger partial charge >= 0.3 is 0 Å². The SMILES string of the molecule is C=CCc1cc(/C=C(/C#N)C(=O)NCc2ccc(OC)cc2)cc(Br)c1OCc1ccc(I)cc1. The molecular weight excluding hydrogens is 619 g/mol. The van der Waals surface area contributed by atoms with Crippen LogP contribution in [0.4, 0.5) is 0 Å². The number of amides is 1. The molecule has 0 aliphatic heterocycles. The van der Waals surface area contributed by atoms with Crippen molar-refractivity contribution in [1.29, 1.82) is 5.26 Å². The second kappa shape index (κ2) is 13.1. The van der Waals surface area contributed by atoms with Gasteiger partial charge < -0.3 is 14.8 Å². The molecule has 0 unspecified atom stereocenters. The van der Waals surface area contributed by atoms with Crippen molar-refractivity contribution in [2.45, 2.75) is 19.6 Å². The number of hydrogen-bond donors (Lipinski definition) is 1. The Morgan fingerprint density at radius 3 is 2.46 bits per heavy atom. The molecular formula is C28H24BrIN2O3. The van der Waals surface area contributed by atoms with Gasteiger partial charge in [-0.25, -0.2) is 0 Å². The van der Waals surface area contributed by atoms with E-state index < -0.39 is 5.91 Å². The molecule has 35 heavy (non-hydrogen) atoms. The van der Waals surface area contributed by atoms with E-state index in [0.717, 1.165) is 30.5 Å².